The second kappa shape index (κ2) is 5.19. The van der Waals surface area contributed by atoms with E-state index in [0.717, 1.165) is 24.2 Å². The molecule has 1 amide bonds. The number of nitrogens with two attached hydrogens (primary N) is 1. The van der Waals surface area contributed by atoms with Crippen molar-refractivity contribution in [2.45, 2.75) is 19.1 Å². The monoisotopic (exact) mass is 262 g/mol. The molecule has 1 atom stereocenters. The lowest BCUT2D eigenvalue weighted by atomic mass is 9.99. The summed E-state index contributed by atoms with van der Waals surface area (Å²) in [5.74, 6) is 0.0211. The van der Waals surface area contributed by atoms with Gasteiger partial charge < -0.3 is 20.1 Å². The summed E-state index contributed by atoms with van der Waals surface area (Å²) in [5, 5.41) is 0. The Bertz CT molecular complexity index is 484. The van der Waals surface area contributed by atoms with Crippen LogP contribution in [0.4, 0.5) is 5.69 Å². The van der Waals surface area contributed by atoms with Gasteiger partial charge in [-0.05, 0) is 29.7 Å². The van der Waals surface area contributed by atoms with Gasteiger partial charge in [-0.1, -0.05) is 6.07 Å². The second-order valence-corrected chi connectivity index (χ2v) is 4.97. The summed E-state index contributed by atoms with van der Waals surface area (Å²) in [7, 11) is 0. The van der Waals surface area contributed by atoms with Gasteiger partial charge in [-0.15, -0.1) is 0 Å². The molecule has 1 fully saturated rings. The molecule has 1 aromatic carbocycles. The number of anilines is 1. The van der Waals surface area contributed by atoms with Gasteiger partial charge in [0.15, 0.2) is 6.10 Å². The molecule has 0 radical (unpaired) electrons. The van der Waals surface area contributed by atoms with Gasteiger partial charge in [0.25, 0.3) is 5.91 Å². The molecule has 0 aliphatic carbocycles. The number of hydrogen-bond donors (Lipinski definition) is 1. The van der Waals surface area contributed by atoms with Crippen LogP contribution in [0.5, 0.6) is 0 Å². The number of carbonyl (C=O) groups is 1. The molecule has 2 aliphatic heterocycles. The number of nitrogens with zero attached hydrogens (tertiary/aromatic N) is 1. The molecule has 2 heterocycles. The lowest BCUT2D eigenvalue weighted by Crippen LogP contribution is -2.47. The van der Waals surface area contributed by atoms with Crippen molar-refractivity contribution in [2.24, 2.45) is 0 Å². The summed E-state index contributed by atoms with van der Waals surface area (Å²) in [6, 6.07) is 5.91. The number of fused-ring (bicyclic) bond motifs is 1. The van der Waals surface area contributed by atoms with Crippen LogP contribution in [0.1, 0.15) is 11.1 Å². The van der Waals surface area contributed by atoms with Crippen molar-refractivity contribution in [3.05, 3.63) is 29.3 Å². The van der Waals surface area contributed by atoms with Gasteiger partial charge in [-0.3, -0.25) is 4.79 Å². The Morgan fingerprint density at radius 3 is 3.00 bits per heavy atom. The number of hydrogen-bond acceptors (Lipinski definition) is 4. The van der Waals surface area contributed by atoms with Crippen molar-refractivity contribution in [1.29, 1.82) is 0 Å². The minimum Gasteiger partial charge on any atom is -0.399 e. The summed E-state index contributed by atoms with van der Waals surface area (Å²) in [5.41, 5.74) is 8.95. The summed E-state index contributed by atoms with van der Waals surface area (Å²) >= 11 is 0. The number of ether oxygens (including phenoxy) is 2. The van der Waals surface area contributed by atoms with E-state index in [1.165, 1.54) is 5.56 Å². The molecule has 3 rings (SSSR count). The third-order valence-corrected chi connectivity index (χ3v) is 3.65. The molecule has 0 aromatic heterocycles. The molecule has 0 saturated carbocycles. The third-order valence-electron chi connectivity index (χ3n) is 3.65. The van der Waals surface area contributed by atoms with E-state index in [2.05, 4.69) is 0 Å². The molecule has 2 aliphatic rings. The maximum absolute atomic E-state index is 12.3. The molecule has 102 valence electrons. The van der Waals surface area contributed by atoms with Crippen LogP contribution in [0.2, 0.25) is 0 Å². The Morgan fingerprint density at radius 2 is 2.21 bits per heavy atom. The largest absolute Gasteiger partial charge is 0.399 e. The fourth-order valence-electron chi connectivity index (χ4n) is 2.60. The minimum absolute atomic E-state index is 0.0211. The van der Waals surface area contributed by atoms with E-state index in [1.807, 2.05) is 23.1 Å². The predicted octanol–water partition coefficient (Wildman–Crippen LogP) is 0.569. The summed E-state index contributed by atoms with van der Waals surface area (Å²) in [6.45, 7) is 2.77. The topological polar surface area (TPSA) is 64.8 Å². The SMILES string of the molecule is Nc1ccc2c(c1)CN(C(=O)C1COCCO1)CC2. The quantitative estimate of drug-likeness (QED) is 0.751. The Balaban J connectivity index is 1.72. The van der Waals surface area contributed by atoms with Gasteiger partial charge in [0.2, 0.25) is 0 Å². The van der Waals surface area contributed by atoms with Crippen LogP contribution in [0.25, 0.3) is 0 Å². The standard InChI is InChI=1S/C14H18N2O3/c15-12-2-1-10-3-4-16(8-11(10)7-12)14(17)13-9-18-5-6-19-13/h1-2,7,13H,3-6,8-9,15H2. The smallest absolute Gasteiger partial charge is 0.254 e. The van der Waals surface area contributed by atoms with Crippen LogP contribution < -0.4 is 5.73 Å². The highest BCUT2D eigenvalue weighted by Gasteiger charge is 2.29. The van der Waals surface area contributed by atoms with Gasteiger partial charge in [0.1, 0.15) is 0 Å². The molecular weight excluding hydrogens is 244 g/mol. The molecular formula is C14H18N2O3. The van der Waals surface area contributed by atoms with E-state index < -0.39 is 6.10 Å². The summed E-state index contributed by atoms with van der Waals surface area (Å²) < 4.78 is 10.8. The second-order valence-electron chi connectivity index (χ2n) is 4.97. The van der Waals surface area contributed by atoms with Gasteiger partial charge in [-0.2, -0.15) is 0 Å². The molecule has 5 heteroatoms. The average molecular weight is 262 g/mol. The molecule has 1 unspecified atom stereocenters. The van der Waals surface area contributed by atoms with Crippen LogP contribution >= 0.6 is 0 Å². The zero-order valence-corrected chi connectivity index (χ0v) is 10.8. The number of rotatable bonds is 1. The van der Waals surface area contributed by atoms with Crippen molar-refractivity contribution in [1.82, 2.24) is 4.90 Å². The highest BCUT2D eigenvalue weighted by Crippen LogP contribution is 2.22. The predicted molar refractivity (Wildman–Crippen MR) is 70.5 cm³/mol. The zero-order chi connectivity index (χ0) is 13.2. The number of amides is 1. The van der Waals surface area contributed by atoms with E-state index in [1.54, 1.807) is 0 Å². The molecule has 0 spiro atoms. The molecule has 1 aromatic rings. The van der Waals surface area contributed by atoms with Gasteiger partial charge in [0.05, 0.1) is 19.8 Å². The van der Waals surface area contributed by atoms with Crippen molar-refractivity contribution < 1.29 is 14.3 Å². The summed E-state index contributed by atoms with van der Waals surface area (Å²) in [4.78, 5) is 14.2. The molecule has 19 heavy (non-hydrogen) atoms. The van der Waals surface area contributed by atoms with E-state index in [4.69, 9.17) is 15.2 Å². The highest BCUT2D eigenvalue weighted by atomic mass is 16.6. The van der Waals surface area contributed by atoms with Crippen molar-refractivity contribution in [2.75, 3.05) is 32.1 Å². The first-order valence-corrected chi connectivity index (χ1v) is 6.59. The lowest BCUT2D eigenvalue weighted by molar-refractivity contribution is -0.158. The first-order chi connectivity index (χ1) is 9.24. The molecule has 5 nitrogen and oxygen atoms in total. The van der Waals surface area contributed by atoms with Crippen molar-refractivity contribution >= 4 is 11.6 Å². The van der Waals surface area contributed by atoms with Gasteiger partial charge >= 0.3 is 0 Å². The highest BCUT2D eigenvalue weighted by molar-refractivity contribution is 5.81. The zero-order valence-electron chi connectivity index (χ0n) is 10.8. The van der Waals surface area contributed by atoms with Crippen LogP contribution in [0.3, 0.4) is 0 Å². The number of benzene rings is 1. The number of carbonyl (C=O) groups excluding carboxylic acids is 1. The maximum Gasteiger partial charge on any atom is 0.254 e. The van der Waals surface area contributed by atoms with Crippen molar-refractivity contribution in [3.8, 4) is 0 Å². The molecule has 1 saturated heterocycles. The van der Waals surface area contributed by atoms with Crippen LogP contribution in [0, 0.1) is 0 Å². The Kier molecular flexibility index (Phi) is 3.40. The van der Waals surface area contributed by atoms with E-state index >= 15 is 0 Å². The first kappa shape index (κ1) is 12.4. The third kappa shape index (κ3) is 2.57. The Hall–Kier alpha value is -1.59. The van der Waals surface area contributed by atoms with Gasteiger partial charge in [0, 0.05) is 18.8 Å². The maximum atomic E-state index is 12.3. The normalized spacial score (nSPS) is 22.9. The van der Waals surface area contributed by atoms with Crippen molar-refractivity contribution in [3.63, 3.8) is 0 Å². The first-order valence-electron chi connectivity index (χ1n) is 6.59. The Morgan fingerprint density at radius 1 is 1.32 bits per heavy atom. The van der Waals surface area contributed by atoms with Crippen LogP contribution in [-0.4, -0.2) is 43.3 Å². The van der Waals surface area contributed by atoms with Crippen LogP contribution in [0.15, 0.2) is 18.2 Å². The lowest BCUT2D eigenvalue weighted by Gasteiger charge is -2.33. The fourth-order valence-corrected chi connectivity index (χ4v) is 2.60. The van der Waals surface area contributed by atoms with E-state index in [0.29, 0.717) is 26.4 Å². The number of nitrogen functional groups attached to an aromatic ring is 1. The van der Waals surface area contributed by atoms with Crippen LogP contribution in [-0.2, 0) is 27.2 Å². The molecule has 0 bridgehead atoms. The average Bonchev–Trinajstić information content (AvgIpc) is 2.46. The summed E-state index contributed by atoms with van der Waals surface area (Å²) in [6.07, 6.45) is 0.422. The Labute approximate surface area is 112 Å². The minimum atomic E-state index is -0.448. The fraction of sp³-hybridized carbons (Fsp3) is 0.500. The van der Waals surface area contributed by atoms with Gasteiger partial charge in [-0.25, -0.2) is 0 Å². The van der Waals surface area contributed by atoms with E-state index in [9.17, 15) is 4.79 Å². The molecule has 2 N–H and O–H groups in total. The van der Waals surface area contributed by atoms with E-state index in [-0.39, 0.29) is 5.91 Å².